The lowest BCUT2D eigenvalue weighted by Gasteiger charge is -2.19. The maximum atomic E-state index is 8.58. The number of hydrogen-bond donors (Lipinski definition) is 3. The lowest BCUT2D eigenvalue weighted by Crippen LogP contribution is -2.26. The average molecular weight is 235 g/mol. The van der Waals surface area contributed by atoms with Gasteiger partial charge in [0.2, 0.25) is 0 Å². The molecule has 1 unspecified atom stereocenters. The van der Waals surface area contributed by atoms with Crippen molar-refractivity contribution in [3.05, 3.63) is 29.3 Å². The number of oxime groups is 1. The summed E-state index contributed by atoms with van der Waals surface area (Å²) in [6.45, 7) is 6.21. The zero-order valence-electron chi connectivity index (χ0n) is 10.7. The molecule has 0 bridgehead atoms. The summed E-state index contributed by atoms with van der Waals surface area (Å²) in [6.07, 6.45) is 1.46. The first-order valence-corrected chi connectivity index (χ1v) is 5.87. The molecule has 1 atom stereocenters. The molecule has 0 aliphatic carbocycles. The highest BCUT2D eigenvalue weighted by atomic mass is 16.4. The van der Waals surface area contributed by atoms with E-state index in [1.807, 2.05) is 0 Å². The molecule has 1 rings (SSSR count). The number of rotatable bonds is 5. The van der Waals surface area contributed by atoms with Crippen LogP contribution in [-0.2, 0) is 0 Å². The minimum atomic E-state index is 0.186. The molecule has 0 amide bonds. The number of nitrogens with two attached hydrogens (primary N) is 1. The Balaban J connectivity index is 2.76. The summed E-state index contributed by atoms with van der Waals surface area (Å²) >= 11 is 0. The Kier molecular flexibility index (Phi) is 4.82. The quantitative estimate of drug-likeness (QED) is 0.318. The maximum absolute atomic E-state index is 8.58. The molecule has 0 aromatic heterocycles. The highest BCUT2D eigenvalue weighted by molar-refractivity contribution is 5.80. The fourth-order valence-corrected chi connectivity index (χ4v) is 1.70. The summed E-state index contributed by atoms with van der Waals surface area (Å²) < 4.78 is 0. The van der Waals surface area contributed by atoms with Gasteiger partial charge in [-0.25, -0.2) is 0 Å². The number of nitrogens with one attached hydrogen (secondary N) is 1. The van der Waals surface area contributed by atoms with Crippen molar-refractivity contribution in [2.45, 2.75) is 39.7 Å². The van der Waals surface area contributed by atoms with E-state index in [0.29, 0.717) is 6.42 Å². The van der Waals surface area contributed by atoms with Gasteiger partial charge < -0.3 is 16.3 Å². The van der Waals surface area contributed by atoms with Crippen LogP contribution < -0.4 is 11.1 Å². The van der Waals surface area contributed by atoms with Crippen molar-refractivity contribution in [2.24, 2.45) is 10.9 Å². The lowest BCUT2D eigenvalue weighted by atomic mass is 10.1. The first-order chi connectivity index (χ1) is 8.06. The number of amidine groups is 1. The van der Waals surface area contributed by atoms with E-state index in [2.05, 4.69) is 49.4 Å². The molecule has 17 heavy (non-hydrogen) atoms. The van der Waals surface area contributed by atoms with Crippen LogP contribution in [-0.4, -0.2) is 17.1 Å². The molecular formula is C13H21N3O. The molecule has 4 heteroatoms. The van der Waals surface area contributed by atoms with Gasteiger partial charge in [0.15, 0.2) is 0 Å². The smallest absolute Gasteiger partial charge is 0.141 e. The SMILES string of the molecule is CCC(CC(N)=NO)Nc1cc(C)ccc1C. The molecule has 0 aliphatic rings. The Bertz CT molecular complexity index is 402. The second kappa shape index (κ2) is 6.13. The number of nitrogens with zero attached hydrogens (tertiary/aromatic N) is 1. The molecule has 0 fully saturated rings. The van der Waals surface area contributed by atoms with Gasteiger partial charge >= 0.3 is 0 Å². The van der Waals surface area contributed by atoms with E-state index >= 15 is 0 Å². The molecule has 0 spiro atoms. The van der Waals surface area contributed by atoms with Crippen molar-refractivity contribution >= 4 is 11.5 Å². The molecule has 4 N–H and O–H groups in total. The van der Waals surface area contributed by atoms with Crippen LogP contribution in [0.4, 0.5) is 5.69 Å². The monoisotopic (exact) mass is 235 g/mol. The van der Waals surface area contributed by atoms with Crippen LogP contribution in [0.25, 0.3) is 0 Å². The van der Waals surface area contributed by atoms with Gasteiger partial charge in [0.05, 0.1) is 0 Å². The number of anilines is 1. The molecule has 0 aliphatic heterocycles. The van der Waals surface area contributed by atoms with Gasteiger partial charge in [-0.2, -0.15) is 0 Å². The van der Waals surface area contributed by atoms with Crippen LogP contribution in [0.2, 0.25) is 0 Å². The van der Waals surface area contributed by atoms with Crippen LogP contribution in [0, 0.1) is 13.8 Å². The summed E-state index contributed by atoms with van der Waals surface area (Å²) in [4.78, 5) is 0. The van der Waals surface area contributed by atoms with Crippen LogP contribution in [0.3, 0.4) is 0 Å². The normalized spacial score (nSPS) is 13.5. The van der Waals surface area contributed by atoms with E-state index < -0.39 is 0 Å². The average Bonchev–Trinajstić information content (AvgIpc) is 2.32. The fraction of sp³-hybridized carbons (Fsp3) is 0.462. The third kappa shape index (κ3) is 3.98. The van der Waals surface area contributed by atoms with Gasteiger partial charge in [0.25, 0.3) is 0 Å². The van der Waals surface area contributed by atoms with Gasteiger partial charge in [-0.1, -0.05) is 24.2 Å². The first kappa shape index (κ1) is 13.4. The van der Waals surface area contributed by atoms with E-state index in [1.165, 1.54) is 11.1 Å². The third-order valence-electron chi connectivity index (χ3n) is 2.83. The lowest BCUT2D eigenvalue weighted by molar-refractivity contribution is 0.316. The van der Waals surface area contributed by atoms with Crippen LogP contribution in [0.5, 0.6) is 0 Å². The number of benzene rings is 1. The van der Waals surface area contributed by atoms with Gasteiger partial charge in [0.1, 0.15) is 5.84 Å². The molecular weight excluding hydrogens is 214 g/mol. The van der Waals surface area contributed by atoms with Crippen LogP contribution in [0.1, 0.15) is 30.9 Å². The predicted molar refractivity (Wildman–Crippen MR) is 71.6 cm³/mol. The van der Waals surface area contributed by atoms with E-state index in [0.717, 1.165) is 12.1 Å². The Morgan fingerprint density at radius 2 is 2.18 bits per heavy atom. The molecule has 0 saturated heterocycles. The van der Waals surface area contributed by atoms with E-state index in [4.69, 9.17) is 10.9 Å². The Hall–Kier alpha value is -1.71. The predicted octanol–water partition coefficient (Wildman–Crippen LogP) is 2.63. The summed E-state index contributed by atoms with van der Waals surface area (Å²) in [5.41, 5.74) is 9.07. The van der Waals surface area contributed by atoms with Gasteiger partial charge in [0, 0.05) is 18.2 Å². The van der Waals surface area contributed by atoms with E-state index in [9.17, 15) is 0 Å². The third-order valence-corrected chi connectivity index (χ3v) is 2.83. The van der Waals surface area contributed by atoms with E-state index in [-0.39, 0.29) is 11.9 Å². The maximum Gasteiger partial charge on any atom is 0.141 e. The summed E-state index contributed by atoms with van der Waals surface area (Å²) in [5.74, 6) is 0.259. The number of aryl methyl sites for hydroxylation is 2. The molecule has 4 nitrogen and oxygen atoms in total. The summed E-state index contributed by atoms with van der Waals surface area (Å²) in [5, 5.41) is 15.0. The van der Waals surface area contributed by atoms with Crippen molar-refractivity contribution in [3.63, 3.8) is 0 Å². The van der Waals surface area contributed by atoms with Crippen LogP contribution >= 0.6 is 0 Å². The second-order valence-electron chi connectivity index (χ2n) is 4.36. The van der Waals surface area contributed by atoms with Crippen molar-refractivity contribution in [2.75, 3.05) is 5.32 Å². The number of hydrogen-bond acceptors (Lipinski definition) is 3. The largest absolute Gasteiger partial charge is 0.409 e. The summed E-state index contributed by atoms with van der Waals surface area (Å²) in [7, 11) is 0. The highest BCUT2D eigenvalue weighted by Crippen LogP contribution is 2.18. The molecule has 1 aromatic carbocycles. The second-order valence-corrected chi connectivity index (χ2v) is 4.36. The van der Waals surface area contributed by atoms with Gasteiger partial charge in [-0.3, -0.25) is 0 Å². The molecule has 0 radical (unpaired) electrons. The summed E-state index contributed by atoms with van der Waals surface area (Å²) in [6, 6.07) is 6.48. The van der Waals surface area contributed by atoms with Crippen molar-refractivity contribution < 1.29 is 5.21 Å². The van der Waals surface area contributed by atoms with Crippen molar-refractivity contribution in [1.29, 1.82) is 0 Å². The topological polar surface area (TPSA) is 70.6 Å². The molecule has 1 aromatic rings. The Labute approximate surface area is 103 Å². The molecule has 0 heterocycles. The fourth-order valence-electron chi connectivity index (χ4n) is 1.70. The highest BCUT2D eigenvalue weighted by Gasteiger charge is 2.10. The van der Waals surface area contributed by atoms with Gasteiger partial charge in [-0.15, -0.1) is 0 Å². The minimum absolute atomic E-state index is 0.186. The first-order valence-electron chi connectivity index (χ1n) is 5.87. The standard InChI is InChI=1S/C13H21N3O/c1-4-11(8-13(14)16-17)15-12-7-9(2)5-6-10(12)3/h5-7,11,15,17H,4,8H2,1-3H3,(H2,14,16). The van der Waals surface area contributed by atoms with Crippen LogP contribution in [0.15, 0.2) is 23.4 Å². The van der Waals surface area contributed by atoms with Gasteiger partial charge in [-0.05, 0) is 37.5 Å². The Morgan fingerprint density at radius 3 is 2.76 bits per heavy atom. The molecule has 0 saturated carbocycles. The Morgan fingerprint density at radius 1 is 1.47 bits per heavy atom. The van der Waals surface area contributed by atoms with Crippen molar-refractivity contribution in [3.8, 4) is 0 Å². The van der Waals surface area contributed by atoms with Crippen molar-refractivity contribution in [1.82, 2.24) is 0 Å². The van der Waals surface area contributed by atoms with E-state index in [1.54, 1.807) is 0 Å². The minimum Gasteiger partial charge on any atom is -0.409 e. The molecule has 94 valence electrons. The zero-order chi connectivity index (χ0) is 12.8. The zero-order valence-corrected chi connectivity index (χ0v) is 10.7.